The lowest BCUT2D eigenvalue weighted by Gasteiger charge is -2.12. The SMILES string of the molecule is Cc1ccc(NS(=O)(=O)c2ccc3oc(=O)c4ncn(C)c4c3c2)c(C)c1. The van der Waals surface area contributed by atoms with Crippen molar-refractivity contribution in [1.29, 1.82) is 0 Å². The Hall–Kier alpha value is -3.13. The van der Waals surface area contributed by atoms with E-state index in [0.717, 1.165) is 11.1 Å². The van der Waals surface area contributed by atoms with E-state index in [2.05, 4.69) is 9.71 Å². The largest absolute Gasteiger partial charge is 0.421 e. The van der Waals surface area contributed by atoms with Gasteiger partial charge in [-0.3, -0.25) is 4.72 Å². The minimum Gasteiger partial charge on any atom is -0.421 e. The van der Waals surface area contributed by atoms with Crippen LogP contribution in [0.15, 0.2) is 56.8 Å². The van der Waals surface area contributed by atoms with Crippen molar-refractivity contribution in [3.63, 3.8) is 0 Å². The minimum absolute atomic E-state index is 0.0753. The third kappa shape index (κ3) is 2.87. The van der Waals surface area contributed by atoms with Crippen LogP contribution in [0.5, 0.6) is 0 Å². The monoisotopic (exact) mass is 383 g/mol. The molecule has 0 radical (unpaired) electrons. The maximum Gasteiger partial charge on any atom is 0.364 e. The van der Waals surface area contributed by atoms with Gasteiger partial charge < -0.3 is 8.98 Å². The van der Waals surface area contributed by atoms with Crippen molar-refractivity contribution < 1.29 is 12.8 Å². The molecule has 0 fully saturated rings. The molecule has 27 heavy (non-hydrogen) atoms. The van der Waals surface area contributed by atoms with Crippen LogP contribution in [0.25, 0.3) is 22.0 Å². The molecule has 1 N–H and O–H groups in total. The van der Waals surface area contributed by atoms with Crippen LogP contribution in [0, 0.1) is 13.8 Å². The molecule has 2 aromatic carbocycles. The average molecular weight is 383 g/mol. The molecule has 0 bridgehead atoms. The van der Waals surface area contributed by atoms with Crippen LogP contribution >= 0.6 is 0 Å². The summed E-state index contributed by atoms with van der Waals surface area (Å²) < 4.78 is 35.3. The Bertz CT molecular complexity index is 1370. The van der Waals surface area contributed by atoms with Crippen LogP contribution in [0.3, 0.4) is 0 Å². The number of hydrogen-bond acceptors (Lipinski definition) is 5. The van der Waals surface area contributed by atoms with E-state index in [4.69, 9.17) is 4.42 Å². The zero-order valence-corrected chi connectivity index (χ0v) is 15.8. The highest BCUT2D eigenvalue weighted by Crippen LogP contribution is 2.26. The smallest absolute Gasteiger partial charge is 0.364 e. The summed E-state index contributed by atoms with van der Waals surface area (Å²) in [5.41, 5.74) is 2.86. The second kappa shape index (κ2) is 5.95. The maximum atomic E-state index is 12.9. The average Bonchev–Trinajstić information content (AvgIpc) is 3.00. The summed E-state index contributed by atoms with van der Waals surface area (Å²) in [6, 6.07) is 9.89. The molecule has 4 aromatic rings. The highest BCUT2D eigenvalue weighted by Gasteiger charge is 2.19. The Kier molecular flexibility index (Phi) is 3.81. The van der Waals surface area contributed by atoms with Gasteiger partial charge in [0.15, 0.2) is 5.52 Å². The van der Waals surface area contributed by atoms with Gasteiger partial charge in [0.25, 0.3) is 10.0 Å². The molecule has 8 heteroatoms. The van der Waals surface area contributed by atoms with Crippen molar-refractivity contribution in [2.75, 3.05) is 4.72 Å². The van der Waals surface area contributed by atoms with Crippen molar-refractivity contribution in [3.05, 3.63) is 64.3 Å². The number of aromatic nitrogens is 2. The number of anilines is 1. The molecular formula is C19H17N3O4S. The quantitative estimate of drug-likeness (QED) is 0.549. The van der Waals surface area contributed by atoms with Crippen molar-refractivity contribution in [3.8, 4) is 0 Å². The molecule has 0 aliphatic rings. The highest BCUT2D eigenvalue weighted by molar-refractivity contribution is 7.92. The van der Waals surface area contributed by atoms with E-state index >= 15 is 0 Å². The zero-order chi connectivity index (χ0) is 19.3. The molecule has 7 nitrogen and oxygen atoms in total. The molecule has 2 aromatic heterocycles. The number of aryl methyl sites for hydroxylation is 3. The molecular weight excluding hydrogens is 366 g/mol. The third-order valence-electron chi connectivity index (χ3n) is 4.48. The van der Waals surface area contributed by atoms with Gasteiger partial charge in [0.05, 0.1) is 22.4 Å². The van der Waals surface area contributed by atoms with Gasteiger partial charge in [0, 0.05) is 12.4 Å². The van der Waals surface area contributed by atoms with E-state index in [1.54, 1.807) is 17.7 Å². The predicted molar refractivity (Wildman–Crippen MR) is 103 cm³/mol. The van der Waals surface area contributed by atoms with E-state index in [0.29, 0.717) is 22.2 Å². The van der Waals surface area contributed by atoms with E-state index < -0.39 is 15.6 Å². The first kappa shape index (κ1) is 17.3. The van der Waals surface area contributed by atoms with Crippen molar-refractivity contribution in [1.82, 2.24) is 9.55 Å². The van der Waals surface area contributed by atoms with Gasteiger partial charge in [-0.2, -0.15) is 0 Å². The van der Waals surface area contributed by atoms with E-state index in [9.17, 15) is 13.2 Å². The summed E-state index contributed by atoms with van der Waals surface area (Å²) in [6.45, 7) is 3.79. The molecule has 138 valence electrons. The molecule has 0 aliphatic carbocycles. The van der Waals surface area contributed by atoms with Gasteiger partial charge in [-0.1, -0.05) is 17.7 Å². The van der Waals surface area contributed by atoms with E-state index in [1.165, 1.54) is 24.5 Å². The minimum atomic E-state index is -3.81. The lowest BCUT2D eigenvalue weighted by molar-refractivity contribution is 0.567. The van der Waals surface area contributed by atoms with Crippen molar-refractivity contribution >= 4 is 37.7 Å². The lowest BCUT2D eigenvalue weighted by Crippen LogP contribution is -2.14. The topological polar surface area (TPSA) is 94.2 Å². The highest BCUT2D eigenvalue weighted by atomic mass is 32.2. The van der Waals surface area contributed by atoms with Gasteiger partial charge in [-0.05, 0) is 43.7 Å². The molecule has 0 unspecified atom stereocenters. The Labute approximate surface area is 155 Å². The van der Waals surface area contributed by atoms with Crippen molar-refractivity contribution in [2.45, 2.75) is 18.7 Å². The van der Waals surface area contributed by atoms with E-state index in [-0.39, 0.29) is 10.4 Å². The van der Waals surface area contributed by atoms with Gasteiger partial charge >= 0.3 is 5.63 Å². The number of benzene rings is 2. The molecule has 4 rings (SSSR count). The van der Waals surface area contributed by atoms with Gasteiger partial charge in [-0.25, -0.2) is 18.2 Å². The molecule has 0 amide bonds. The number of nitrogens with one attached hydrogen (secondary N) is 1. The number of imidazole rings is 1. The molecule has 0 spiro atoms. The Morgan fingerprint density at radius 3 is 2.63 bits per heavy atom. The van der Waals surface area contributed by atoms with Crippen LogP contribution in [0.4, 0.5) is 5.69 Å². The first-order valence-corrected chi connectivity index (χ1v) is 9.72. The summed E-state index contributed by atoms with van der Waals surface area (Å²) in [7, 11) is -2.07. The number of nitrogens with zero attached hydrogens (tertiary/aromatic N) is 2. The number of sulfonamides is 1. The fourth-order valence-electron chi connectivity index (χ4n) is 3.13. The summed E-state index contributed by atoms with van der Waals surface area (Å²) in [6.07, 6.45) is 1.50. The van der Waals surface area contributed by atoms with Gasteiger partial charge in [0.1, 0.15) is 5.58 Å². The standard InChI is InChI=1S/C19H17N3O4S/c1-11-4-6-15(12(2)8-11)21-27(24,25)13-5-7-16-14(9-13)18-17(19(23)26-16)20-10-22(18)3/h4-10,21H,1-3H3. The van der Waals surface area contributed by atoms with Crippen LogP contribution in [0.2, 0.25) is 0 Å². The summed E-state index contributed by atoms with van der Waals surface area (Å²) in [4.78, 5) is 16.1. The number of hydrogen-bond donors (Lipinski definition) is 1. The zero-order valence-electron chi connectivity index (χ0n) is 15.0. The van der Waals surface area contributed by atoms with Crippen LogP contribution in [0.1, 0.15) is 11.1 Å². The maximum absolute atomic E-state index is 12.9. The van der Waals surface area contributed by atoms with Gasteiger partial charge in [-0.15, -0.1) is 0 Å². The predicted octanol–water partition coefficient (Wildman–Crippen LogP) is 3.10. The Morgan fingerprint density at radius 1 is 1.11 bits per heavy atom. The summed E-state index contributed by atoms with van der Waals surface area (Å²) in [5, 5.41) is 0.508. The Balaban J connectivity index is 1.88. The number of rotatable bonds is 3. The lowest BCUT2D eigenvalue weighted by atomic mass is 10.1. The molecule has 2 heterocycles. The molecule has 0 saturated heterocycles. The fraction of sp³-hybridized carbons (Fsp3) is 0.158. The van der Waals surface area contributed by atoms with Crippen LogP contribution in [-0.2, 0) is 17.1 Å². The first-order valence-electron chi connectivity index (χ1n) is 8.24. The normalized spacial score (nSPS) is 12.0. The fourth-order valence-corrected chi connectivity index (χ4v) is 4.28. The van der Waals surface area contributed by atoms with Crippen LogP contribution < -0.4 is 10.3 Å². The first-order chi connectivity index (χ1) is 12.8. The van der Waals surface area contributed by atoms with Crippen LogP contribution in [-0.4, -0.2) is 18.0 Å². The van der Waals surface area contributed by atoms with Crippen molar-refractivity contribution in [2.24, 2.45) is 7.05 Å². The summed E-state index contributed by atoms with van der Waals surface area (Å²) >= 11 is 0. The van der Waals surface area contributed by atoms with Gasteiger partial charge in [0.2, 0.25) is 0 Å². The van der Waals surface area contributed by atoms with E-state index in [1.807, 2.05) is 26.0 Å². The summed E-state index contributed by atoms with van der Waals surface area (Å²) in [5.74, 6) is 0. The molecule has 0 saturated carbocycles. The second-order valence-corrected chi connectivity index (χ2v) is 8.21. The third-order valence-corrected chi connectivity index (χ3v) is 5.84. The Morgan fingerprint density at radius 2 is 1.89 bits per heavy atom. The molecule has 0 atom stereocenters. The second-order valence-electron chi connectivity index (χ2n) is 6.52. The molecule has 0 aliphatic heterocycles. The number of fused-ring (bicyclic) bond motifs is 3.